The van der Waals surface area contributed by atoms with Gasteiger partial charge in [-0.15, -0.1) is 0 Å². The van der Waals surface area contributed by atoms with Gasteiger partial charge in [0.05, 0.1) is 13.7 Å². The molecule has 35 heavy (non-hydrogen) atoms. The average molecular weight is 474 g/mol. The second-order valence-electron chi connectivity index (χ2n) is 8.63. The summed E-state index contributed by atoms with van der Waals surface area (Å²) >= 11 is 0. The van der Waals surface area contributed by atoms with Crippen LogP contribution in [0, 0.1) is 0 Å². The Morgan fingerprint density at radius 3 is 2.40 bits per heavy atom. The van der Waals surface area contributed by atoms with E-state index in [1.165, 1.54) is 5.56 Å². The number of ether oxygens (including phenoxy) is 4. The fourth-order valence-electron chi connectivity index (χ4n) is 3.87. The van der Waals surface area contributed by atoms with E-state index in [9.17, 15) is 4.79 Å². The second kappa shape index (κ2) is 11.0. The number of fused-ring (bicyclic) bond motifs is 1. The standard InChI is InChI=1S/C29H31NO5/c1-4-33-26-12-7-22(8-13-26)20-34-28(31)30-24-9-14-27-23(19-24)16-18-29(2,35-27)17-15-21-5-10-25(32-3)11-6-21/h5-14,16,18-19H,4,15,17,20H2,1-3H3,(H,30,31). The van der Waals surface area contributed by atoms with Gasteiger partial charge < -0.3 is 18.9 Å². The molecule has 0 spiro atoms. The van der Waals surface area contributed by atoms with Gasteiger partial charge in [-0.1, -0.05) is 30.3 Å². The summed E-state index contributed by atoms with van der Waals surface area (Å²) in [6.07, 6.45) is 5.34. The Morgan fingerprint density at radius 1 is 0.971 bits per heavy atom. The monoisotopic (exact) mass is 473 g/mol. The number of carbonyl (C=O) groups excluding carboxylic acids is 1. The average Bonchev–Trinajstić information content (AvgIpc) is 2.88. The number of nitrogens with one attached hydrogen (secondary N) is 1. The molecule has 0 saturated carbocycles. The molecule has 3 aromatic carbocycles. The third-order valence-corrected chi connectivity index (χ3v) is 5.89. The quantitative estimate of drug-likeness (QED) is 0.377. The third-order valence-electron chi connectivity index (χ3n) is 5.89. The Hall–Kier alpha value is -3.93. The first-order valence-corrected chi connectivity index (χ1v) is 11.8. The van der Waals surface area contributed by atoms with Crippen molar-refractivity contribution in [3.8, 4) is 17.2 Å². The zero-order chi connectivity index (χ0) is 24.7. The van der Waals surface area contributed by atoms with E-state index in [0.29, 0.717) is 12.3 Å². The van der Waals surface area contributed by atoms with Crippen LogP contribution in [0.1, 0.15) is 37.0 Å². The number of carbonyl (C=O) groups is 1. The Kier molecular flexibility index (Phi) is 7.60. The van der Waals surface area contributed by atoms with Crippen LogP contribution in [0.15, 0.2) is 72.8 Å². The molecule has 4 rings (SSSR count). The maximum absolute atomic E-state index is 12.3. The molecule has 0 fully saturated rings. The van der Waals surface area contributed by atoms with Gasteiger partial charge >= 0.3 is 6.09 Å². The van der Waals surface area contributed by atoms with Crippen molar-refractivity contribution in [3.05, 3.63) is 89.5 Å². The molecule has 1 aliphatic rings. The fraction of sp³-hybridized carbons (Fsp3) is 0.276. The van der Waals surface area contributed by atoms with Crippen molar-refractivity contribution >= 4 is 17.9 Å². The van der Waals surface area contributed by atoms with Gasteiger partial charge in [0.25, 0.3) is 0 Å². The lowest BCUT2D eigenvalue weighted by atomic mass is 9.93. The molecule has 0 saturated heterocycles. The minimum absolute atomic E-state index is 0.179. The highest BCUT2D eigenvalue weighted by molar-refractivity contribution is 5.85. The van der Waals surface area contributed by atoms with Crippen LogP contribution < -0.4 is 19.5 Å². The molecule has 1 N–H and O–H groups in total. The maximum Gasteiger partial charge on any atom is 0.411 e. The van der Waals surface area contributed by atoms with Gasteiger partial charge in [-0.3, -0.25) is 5.32 Å². The molecule has 3 aromatic rings. The van der Waals surface area contributed by atoms with Gasteiger partial charge in [-0.05, 0) is 86.4 Å². The third kappa shape index (κ3) is 6.57. The van der Waals surface area contributed by atoms with Crippen LogP contribution in [-0.4, -0.2) is 25.4 Å². The summed E-state index contributed by atoms with van der Waals surface area (Å²) in [5.74, 6) is 2.44. The van der Waals surface area contributed by atoms with Crippen LogP contribution >= 0.6 is 0 Å². The van der Waals surface area contributed by atoms with Gasteiger partial charge in [-0.25, -0.2) is 4.79 Å². The lowest BCUT2D eigenvalue weighted by Crippen LogP contribution is -2.32. The molecule has 182 valence electrons. The molecule has 0 aromatic heterocycles. The van der Waals surface area contributed by atoms with E-state index in [-0.39, 0.29) is 6.61 Å². The summed E-state index contributed by atoms with van der Waals surface area (Å²) in [5.41, 5.74) is 3.28. The van der Waals surface area contributed by atoms with Crippen molar-refractivity contribution < 1.29 is 23.7 Å². The summed E-state index contributed by atoms with van der Waals surface area (Å²) in [6.45, 7) is 4.81. The molecule has 1 atom stereocenters. The molecular formula is C29H31NO5. The Morgan fingerprint density at radius 2 is 1.69 bits per heavy atom. The van der Waals surface area contributed by atoms with E-state index in [2.05, 4.69) is 30.4 Å². The summed E-state index contributed by atoms with van der Waals surface area (Å²) < 4.78 is 22.3. The summed E-state index contributed by atoms with van der Waals surface area (Å²) in [5, 5.41) is 2.79. The molecule has 6 heteroatoms. The van der Waals surface area contributed by atoms with E-state index in [1.54, 1.807) is 7.11 Å². The number of aryl methyl sites for hydroxylation is 1. The predicted octanol–water partition coefficient (Wildman–Crippen LogP) is 6.64. The smallest absolute Gasteiger partial charge is 0.411 e. The highest BCUT2D eigenvalue weighted by Gasteiger charge is 2.27. The Balaban J connectivity index is 1.30. The van der Waals surface area contributed by atoms with Gasteiger partial charge in [0.15, 0.2) is 0 Å². The van der Waals surface area contributed by atoms with Crippen molar-refractivity contribution in [2.45, 2.75) is 38.9 Å². The minimum atomic E-state index is -0.510. The first-order chi connectivity index (χ1) is 17.0. The number of hydrogen-bond donors (Lipinski definition) is 1. The molecule has 0 bridgehead atoms. The van der Waals surface area contributed by atoms with Crippen LogP contribution in [0.25, 0.3) is 6.08 Å². The SMILES string of the molecule is CCOc1ccc(COC(=O)Nc2ccc3c(c2)C=CC(C)(CCc2ccc(OC)cc2)O3)cc1. The highest BCUT2D eigenvalue weighted by atomic mass is 16.5. The second-order valence-corrected chi connectivity index (χ2v) is 8.63. The van der Waals surface area contributed by atoms with E-state index < -0.39 is 11.7 Å². The summed E-state index contributed by atoms with van der Waals surface area (Å²) in [4.78, 5) is 12.3. The summed E-state index contributed by atoms with van der Waals surface area (Å²) in [7, 11) is 1.67. The number of hydrogen-bond acceptors (Lipinski definition) is 5. The normalized spacial score (nSPS) is 16.1. The Labute approximate surface area is 206 Å². The number of amides is 1. The number of methoxy groups -OCH3 is 1. The molecule has 1 heterocycles. The van der Waals surface area contributed by atoms with E-state index >= 15 is 0 Å². The lowest BCUT2D eigenvalue weighted by molar-refractivity contribution is 0.128. The molecule has 1 aliphatic heterocycles. The molecule has 0 radical (unpaired) electrons. The topological polar surface area (TPSA) is 66.0 Å². The van der Waals surface area contributed by atoms with Gasteiger partial charge in [0, 0.05) is 11.3 Å². The number of benzene rings is 3. The van der Waals surface area contributed by atoms with Crippen molar-refractivity contribution in [3.63, 3.8) is 0 Å². The highest BCUT2D eigenvalue weighted by Crippen LogP contribution is 2.35. The van der Waals surface area contributed by atoms with Crippen molar-refractivity contribution in [2.24, 2.45) is 0 Å². The van der Waals surface area contributed by atoms with Crippen LogP contribution in [-0.2, 0) is 17.8 Å². The summed E-state index contributed by atoms with van der Waals surface area (Å²) in [6, 6.07) is 21.2. The first kappa shape index (κ1) is 24.2. The number of anilines is 1. The van der Waals surface area contributed by atoms with Crippen molar-refractivity contribution in [1.29, 1.82) is 0 Å². The predicted molar refractivity (Wildman–Crippen MR) is 137 cm³/mol. The number of rotatable bonds is 9. The zero-order valence-corrected chi connectivity index (χ0v) is 20.4. The van der Waals surface area contributed by atoms with Gasteiger partial charge in [0.2, 0.25) is 0 Å². The van der Waals surface area contributed by atoms with Crippen LogP contribution in [0.3, 0.4) is 0 Å². The zero-order valence-electron chi connectivity index (χ0n) is 20.4. The first-order valence-electron chi connectivity index (χ1n) is 11.8. The van der Waals surface area contributed by atoms with E-state index in [0.717, 1.165) is 41.2 Å². The van der Waals surface area contributed by atoms with Gasteiger partial charge in [-0.2, -0.15) is 0 Å². The molecule has 6 nitrogen and oxygen atoms in total. The molecule has 1 amide bonds. The largest absolute Gasteiger partial charge is 0.497 e. The van der Waals surface area contributed by atoms with Crippen molar-refractivity contribution in [1.82, 2.24) is 0 Å². The minimum Gasteiger partial charge on any atom is -0.497 e. The Bertz CT molecular complexity index is 1170. The van der Waals surface area contributed by atoms with Crippen LogP contribution in [0.4, 0.5) is 10.5 Å². The van der Waals surface area contributed by atoms with Gasteiger partial charge in [0.1, 0.15) is 29.5 Å². The lowest BCUT2D eigenvalue weighted by Gasteiger charge is -2.32. The van der Waals surface area contributed by atoms with E-state index in [1.807, 2.05) is 67.6 Å². The maximum atomic E-state index is 12.3. The van der Waals surface area contributed by atoms with Crippen molar-refractivity contribution in [2.75, 3.05) is 19.0 Å². The fourth-order valence-corrected chi connectivity index (χ4v) is 3.87. The molecule has 1 unspecified atom stereocenters. The molecular weight excluding hydrogens is 442 g/mol. The van der Waals surface area contributed by atoms with Crippen LogP contribution in [0.2, 0.25) is 0 Å². The van der Waals surface area contributed by atoms with E-state index in [4.69, 9.17) is 18.9 Å². The van der Waals surface area contributed by atoms with Crippen LogP contribution in [0.5, 0.6) is 17.2 Å². The molecule has 0 aliphatic carbocycles.